The molecule has 1 atom stereocenters. The zero-order valence-electron chi connectivity index (χ0n) is 12.6. The lowest BCUT2D eigenvalue weighted by Crippen LogP contribution is -2.43. The Hall–Kier alpha value is -1.82. The lowest BCUT2D eigenvalue weighted by molar-refractivity contribution is -0.384. The van der Waals surface area contributed by atoms with E-state index in [0.717, 1.165) is 43.8 Å². The minimum Gasteiger partial charge on any atom is -0.385 e. The van der Waals surface area contributed by atoms with Gasteiger partial charge in [-0.05, 0) is 32.3 Å². The maximum Gasteiger partial charge on any atom is 0.273 e. The third-order valence-corrected chi connectivity index (χ3v) is 3.59. The highest BCUT2D eigenvalue weighted by atomic mass is 16.6. The highest BCUT2D eigenvalue weighted by Crippen LogP contribution is 2.29. The van der Waals surface area contributed by atoms with Crippen molar-refractivity contribution in [2.75, 3.05) is 30.4 Å². The lowest BCUT2D eigenvalue weighted by Gasteiger charge is -2.35. The molecule has 1 aromatic rings. The van der Waals surface area contributed by atoms with Crippen LogP contribution in [0.3, 0.4) is 0 Å². The van der Waals surface area contributed by atoms with E-state index in [-0.39, 0.29) is 16.1 Å². The highest BCUT2D eigenvalue weighted by Gasteiger charge is 2.27. The molecule has 116 valence electrons. The summed E-state index contributed by atoms with van der Waals surface area (Å²) in [5, 5.41) is 17.7. The minimum atomic E-state index is -0.359. The van der Waals surface area contributed by atoms with Crippen molar-refractivity contribution < 1.29 is 9.66 Å². The molecule has 21 heavy (non-hydrogen) atoms. The monoisotopic (exact) mass is 293 g/mol. The van der Waals surface area contributed by atoms with E-state index >= 15 is 0 Å². The van der Waals surface area contributed by atoms with Gasteiger partial charge in [-0.3, -0.25) is 10.1 Å². The number of nitro benzene ring substituents is 1. The van der Waals surface area contributed by atoms with Gasteiger partial charge in [0.2, 0.25) is 0 Å². The van der Waals surface area contributed by atoms with E-state index in [0.29, 0.717) is 6.61 Å². The Morgan fingerprint density at radius 2 is 2.14 bits per heavy atom. The van der Waals surface area contributed by atoms with Crippen LogP contribution < -0.4 is 10.6 Å². The Labute approximate surface area is 125 Å². The van der Waals surface area contributed by atoms with Crippen LogP contribution in [0.15, 0.2) is 18.2 Å². The van der Waals surface area contributed by atoms with E-state index in [1.807, 2.05) is 6.07 Å². The van der Waals surface area contributed by atoms with Gasteiger partial charge < -0.3 is 15.4 Å². The van der Waals surface area contributed by atoms with Crippen molar-refractivity contribution >= 4 is 17.1 Å². The topological polar surface area (TPSA) is 76.4 Å². The number of nitrogens with one attached hydrogen (secondary N) is 2. The van der Waals surface area contributed by atoms with Gasteiger partial charge in [-0.2, -0.15) is 0 Å². The smallest absolute Gasteiger partial charge is 0.273 e. The molecule has 1 aliphatic heterocycles. The summed E-state index contributed by atoms with van der Waals surface area (Å²) < 4.78 is 5.52. The van der Waals surface area contributed by atoms with Gasteiger partial charge in [0.15, 0.2) is 0 Å². The van der Waals surface area contributed by atoms with E-state index in [2.05, 4.69) is 24.5 Å². The second-order valence-corrected chi connectivity index (χ2v) is 5.79. The van der Waals surface area contributed by atoms with Crippen molar-refractivity contribution in [3.05, 3.63) is 28.3 Å². The number of rotatable bonds is 6. The van der Waals surface area contributed by atoms with Crippen LogP contribution >= 0.6 is 0 Å². The average molecular weight is 293 g/mol. The summed E-state index contributed by atoms with van der Waals surface area (Å²) in [6, 6.07) is 5.07. The molecule has 2 N–H and O–H groups in total. The van der Waals surface area contributed by atoms with Crippen molar-refractivity contribution in [2.24, 2.45) is 0 Å². The second kappa shape index (κ2) is 6.76. The molecule has 1 saturated heterocycles. The van der Waals surface area contributed by atoms with Crippen molar-refractivity contribution in [1.82, 2.24) is 0 Å². The molecule has 1 unspecified atom stereocenters. The molecule has 0 aromatic heterocycles. The van der Waals surface area contributed by atoms with Gasteiger partial charge in [0.25, 0.3) is 5.69 Å². The normalized spacial score (nSPS) is 21.8. The van der Waals surface area contributed by atoms with Gasteiger partial charge in [-0.15, -0.1) is 0 Å². The molecule has 0 amide bonds. The molecule has 0 spiro atoms. The number of hydrogen-bond donors (Lipinski definition) is 2. The standard InChI is InChI=1S/C15H23N3O3/c1-3-6-16-12-8-13(10-14(9-12)18(19)20)17-15(2)5-4-7-21-11-15/h8-10,16-17H,3-7,11H2,1-2H3. The van der Waals surface area contributed by atoms with Gasteiger partial charge in [-0.25, -0.2) is 0 Å². The SMILES string of the molecule is CCCNc1cc(NC2(C)CCCOC2)cc([N+](=O)[O-])c1. The molecule has 0 aliphatic carbocycles. The van der Waals surface area contributed by atoms with E-state index in [9.17, 15) is 10.1 Å². The summed E-state index contributed by atoms with van der Waals surface area (Å²) in [6.07, 6.45) is 2.96. The summed E-state index contributed by atoms with van der Waals surface area (Å²) in [5.74, 6) is 0. The number of non-ortho nitro benzene ring substituents is 1. The van der Waals surface area contributed by atoms with Gasteiger partial charge in [0, 0.05) is 36.7 Å². The number of hydrogen-bond acceptors (Lipinski definition) is 5. The fourth-order valence-electron chi connectivity index (χ4n) is 2.54. The van der Waals surface area contributed by atoms with Crippen LogP contribution in [-0.4, -0.2) is 30.2 Å². The van der Waals surface area contributed by atoms with Crippen LogP contribution in [-0.2, 0) is 4.74 Å². The van der Waals surface area contributed by atoms with Crippen molar-refractivity contribution in [3.63, 3.8) is 0 Å². The molecule has 1 aliphatic rings. The molecule has 0 saturated carbocycles. The van der Waals surface area contributed by atoms with Crippen LogP contribution in [0.5, 0.6) is 0 Å². The van der Waals surface area contributed by atoms with Crippen molar-refractivity contribution in [1.29, 1.82) is 0 Å². The second-order valence-electron chi connectivity index (χ2n) is 5.79. The Kier molecular flexibility index (Phi) is 5.01. The predicted molar refractivity (Wildman–Crippen MR) is 84.0 cm³/mol. The van der Waals surface area contributed by atoms with Crippen LogP contribution in [0.25, 0.3) is 0 Å². The van der Waals surface area contributed by atoms with E-state index in [4.69, 9.17) is 4.74 Å². The average Bonchev–Trinajstić information content (AvgIpc) is 2.45. The summed E-state index contributed by atoms with van der Waals surface area (Å²) in [5.41, 5.74) is 1.46. The van der Waals surface area contributed by atoms with Crippen LogP contribution in [0, 0.1) is 10.1 Å². The zero-order chi connectivity index (χ0) is 15.3. The first-order valence-corrected chi connectivity index (χ1v) is 7.42. The Bertz CT molecular complexity index is 499. The predicted octanol–water partition coefficient (Wildman–Crippen LogP) is 3.40. The molecule has 6 heteroatoms. The molecule has 1 fully saturated rings. The fourth-order valence-corrected chi connectivity index (χ4v) is 2.54. The first-order valence-electron chi connectivity index (χ1n) is 7.42. The van der Waals surface area contributed by atoms with Crippen molar-refractivity contribution in [3.8, 4) is 0 Å². The molecular formula is C15H23N3O3. The third kappa shape index (κ3) is 4.32. The summed E-state index contributed by atoms with van der Waals surface area (Å²) in [6.45, 7) is 6.35. The van der Waals surface area contributed by atoms with E-state index < -0.39 is 0 Å². The summed E-state index contributed by atoms with van der Waals surface area (Å²) in [4.78, 5) is 10.7. The molecular weight excluding hydrogens is 270 g/mol. The number of nitro groups is 1. The van der Waals surface area contributed by atoms with Crippen LogP contribution in [0.4, 0.5) is 17.1 Å². The molecule has 0 radical (unpaired) electrons. The van der Waals surface area contributed by atoms with Crippen LogP contribution in [0.2, 0.25) is 0 Å². The maximum atomic E-state index is 11.1. The van der Waals surface area contributed by atoms with Gasteiger partial charge in [0.1, 0.15) is 0 Å². The number of benzene rings is 1. The largest absolute Gasteiger partial charge is 0.385 e. The molecule has 6 nitrogen and oxygen atoms in total. The molecule has 0 bridgehead atoms. The molecule has 1 heterocycles. The maximum absolute atomic E-state index is 11.1. The summed E-state index contributed by atoms with van der Waals surface area (Å²) in [7, 11) is 0. The highest BCUT2D eigenvalue weighted by molar-refractivity contribution is 5.64. The van der Waals surface area contributed by atoms with E-state index in [1.165, 1.54) is 0 Å². The lowest BCUT2D eigenvalue weighted by atomic mass is 9.94. The number of nitrogens with zero attached hydrogens (tertiary/aromatic N) is 1. The minimum absolute atomic E-state index is 0.0962. The Morgan fingerprint density at radius 3 is 2.76 bits per heavy atom. The van der Waals surface area contributed by atoms with Crippen LogP contribution in [0.1, 0.15) is 33.1 Å². The molecule has 1 aromatic carbocycles. The van der Waals surface area contributed by atoms with Crippen molar-refractivity contribution in [2.45, 2.75) is 38.6 Å². The van der Waals surface area contributed by atoms with Gasteiger partial charge in [0.05, 0.1) is 17.1 Å². The van der Waals surface area contributed by atoms with E-state index in [1.54, 1.807) is 12.1 Å². The fraction of sp³-hybridized carbons (Fsp3) is 0.600. The Balaban J connectivity index is 2.20. The third-order valence-electron chi connectivity index (χ3n) is 3.59. The number of anilines is 2. The quantitative estimate of drug-likeness (QED) is 0.621. The number of ether oxygens (including phenoxy) is 1. The van der Waals surface area contributed by atoms with Gasteiger partial charge >= 0.3 is 0 Å². The Morgan fingerprint density at radius 1 is 1.38 bits per heavy atom. The first-order chi connectivity index (χ1) is 10.0. The van der Waals surface area contributed by atoms with Gasteiger partial charge in [-0.1, -0.05) is 6.92 Å². The molecule has 2 rings (SSSR count). The zero-order valence-corrected chi connectivity index (χ0v) is 12.6. The first kappa shape index (κ1) is 15.6. The summed E-state index contributed by atoms with van der Waals surface area (Å²) >= 11 is 0.